The van der Waals surface area contributed by atoms with Crippen molar-refractivity contribution in [2.45, 2.75) is 27.3 Å². The molecule has 0 atom stereocenters. The molecule has 0 saturated carbocycles. The summed E-state index contributed by atoms with van der Waals surface area (Å²) in [5, 5.41) is 0. The van der Waals surface area contributed by atoms with Gasteiger partial charge in [-0.2, -0.15) is 0 Å². The summed E-state index contributed by atoms with van der Waals surface area (Å²) in [4.78, 5) is 30.4. The smallest absolute Gasteiger partial charge is 0.271 e. The van der Waals surface area contributed by atoms with Gasteiger partial charge in [0.2, 0.25) is 0 Å². The van der Waals surface area contributed by atoms with Crippen molar-refractivity contribution in [3.63, 3.8) is 0 Å². The number of nitrogens with zero attached hydrogens (tertiary/aromatic N) is 3. The number of anilines is 1. The van der Waals surface area contributed by atoms with Crippen LogP contribution in [0, 0.1) is 0 Å². The molecule has 8 heteroatoms. The lowest BCUT2D eigenvalue weighted by Crippen LogP contribution is -2.36. The number of carbonyl (C=O) groups excluding carboxylic acids is 1. The fraction of sp³-hybridized carbons (Fsp3) is 0.286. The molecule has 3 heterocycles. The molecule has 0 aliphatic carbocycles. The van der Waals surface area contributed by atoms with Gasteiger partial charge in [-0.15, -0.1) is 11.3 Å². The molecule has 1 saturated heterocycles. The van der Waals surface area contributed by atoms with E-state index in [2.05, 4.69) is 24.0 Å². The van der Waals surface area contributed by atoms with Gasteiger partial charge in [-0.05, 0) is 38.5 Å². The van der Waals surface area contributed by atoms with E-state index in [1.807, 2.05) is 38.1 Å². The van der Waals surface area contributed by atoms with Gasteiger partial charge in [-0.25, -0.2) is 0 Å². The largest absolute Gasteiger partial charge is 0.340 e. The second kappa shape index (κ2) is 7.93. The lowest BCUT2D eigenvalue weighted by atomic mass is 10.1. The summed E-state index contributed by atoms with van der Waals surface area (Å²) in [6.07, 6.45) is 4.04. The van der Waals surface area contributed by atoms with Crippen molar-refractivity contribution >= 4 is 67.9 Å². The topological polar surface area (TPSA) is 45.6 Å². The van der Waals surface area contributed by atoms with Crippen LogP contribution in [-0.4, -0.2) is 32.8 Å². The highest BCUT2D eigenvalue weighted by atomic mass is 32.2. The monoisotopic (exact) mass is 443 g/mol. The molecule has 2 aliphatic heterocycles. The van der Waals surface area contributed by atoms with Crippen LogP contribution in [-0.2, 0) is 11.3 Å². The van der Waals surface area contributed by atoms with E-state index in [-0.39, 0.29) is 11.5 Å². The van der Waals surface area contributed by atoms with E-state index >= 15 is 0 Å². The van der Waals surface area contributed by atoms with E-state index in [9.17, 15) is 9.59 Å². The van der Waals surface area contributed by atoms with Crippen LogP contribution < -0.4 is 19.7 Å². The maximum absolute atomic E-state index is 13.3. The summed E-state index contributed by atoms with van der Waals surface area (Å²) in [6.45, 7) is 7.68. The Labute approximate surface area is 182 Å². The van der Waals surface area contributed by atoms with Crippen molar-refractivity contribution in [3.05, 3.63) is 55.5 Å². The lowest BCUT2D eigenvalue weighted by Gasteiger charge is -2.28. The number of benzene rings is 1. The Bertz CT molecular complexity index is 1220. The predicted molar refractivity (Wildman–Crippen MR) is 126 cm³/mol. The number of thioether (sulfide) groups is 1. The minimum atomic E-state index is -0.112. The van der Waals surface area contributed by atoms with Crippen LogP contribution in [0.5, 0.6) is 0 Å². The normalized spacial score (nSPS) is 20.0. The van der Waals surface area contributed by atoms with Crippen LogP contribution in [0.2, 0.25) is 0 Å². The molecule has 2 aliphatic rings. The number of fused-ring (bicyclic) bond motifs is 1. The van der Waals surface area contributed by atoms with Gasteiger partial charge < -0.3 is 4.90 Å². The number of hydrogen-bond acceptors (Lipinski definition) is 6. The van der Waals surface area contributed by atoms with Gasteiger partial charge in [0.1, 0.15) is 18.4 Å². The molecule has 1 aromatic carbocycles. The van der Waals surface area contributed by atoms with Crippen molar-refractivity contribution in [2.24, 2.45) is 0 Å². The minimum absolute atomic E-state index is 0.0632. The van der Waals surface area contributed by atoms with Gasteiger partial charge in [0.25, 0.3) is 11.5 Å². The highest BCUT2D eigenvalue weighted by molar-refractivity contribution is 8.30. The van der Waals surface area contributed by atoms with Crippen LogP contribution >= 0.6 is 35.3 Å². The molecular weight excluding hydrogens is 422 g/mol. The number of para-hydroxylation sites is 1. The van der Waals surface area contributed by atoms with E-state index in [0.29, 0.717) is 31.5 Å². The van der Waals surface area contributed by atoms with Crippen molar-refractivity contribution in [3.8, 4) is 0 Å². The number of aromatic nitrogens is 1. The van der Waals surface area contributed by atoms with Crippen LogP contribution in [0.3, 0.4) is 0 Å². The van der Waals surface area contributed by atoms with Gasteiger partial charge in [0.15, 0.2) is 0 Å². The second-order valence-corrected chi connectivity index (χ2v) is 9.20. The Balaban J connectivity index is 2.01. The summed E-state index contributed by atoms with van der Waals surface area (Å²) in [5.41, 5.74) is 3.03. The fourth-order valence-electron chi connectivity index (χ4n) is 3.63. The number of likely N-dealkylation sites (N-methyl/N-ethyl adjacent to an activating group) is 1. The average Bonchev–Trinajstić information content (AvgIpc) is 3.21. The molecule has 5 nitrogen and oxygen atoms in total. The molecule has 1 aromatic heterocycles. The Hall–Kier alpha value is -2.16. The molecule has 0 unspecified atom stereocenters. The molecule has 1 amide bonds. The first-order valence-electron chi connectivity index (χ1n) is 9.58. The summed E-state index contributed by atoms with van der Waals surface area (Å²) in [7, 11) is 0. The first-order chi connectivity index (χ1) is 14.0. The third kappa shape index (κ3) is 3.19. The average molecular weight is 444 g/mol. The van der Waals surface area contributed by atoms with Crippen molar-refractivity contribution in [2.75, 3.05) is 18.0 Å². The first kappa shape index (κ1) is 20.1. The zero-order chi connectivity index (χ0) is 20.7. The summed E-state index contributed by atoms with van der Waals surface area (Å²) >= 11 is 8.03. The molecule has 2 aromatic rings. The van der Waals surface area contributed by atoms with Crippen molar-refractivity contribution in [1.29, 1.82) is 0 Å². The van der Waals surface area contributed by atoms with Crippen LogP contribution in [0.15, 0.2) is 35.1 Å². The maximum atomic E-state index is 13.3. The number of amides is 1. The van der Waals surface area contributed by atoms with Crippen LogP contribution in [0.4, 0.5) is 5.69 Å². The molecule has 0 spiro atoms. The highest BCUT2D eigenvalue weighted by Crippen LogP contribution is 2.32. The Kier molecular flexibility index (Phi) is 5.50. The number of carbonyl (C=O) groups is 1. The fourth-order valence-corrected chi connectivity index (χ4v) is 6.41. The Morgan fingerprint density at radius 2 is 1.69 bits per heavy atom. The van der Waals surface area contributed by atoms with E-state index in [0.717, 1.165) is 23.5 Å². The molecule has 0 bridgehead atoms. The zero-order valence-electron chi connectivity index (χ0n) is 16.5. The quantitative estimate of drug-likeness (QED) is 0.683. The zero-order valence-corrected chi connectivity index (χ0v) is 18.9. The van der Waals surface area contributed by atoms with Gasteiger partial charge in [0, 0.05) is 25.3 Å². The number of rotatable bonds is 3. The number of hydrogen-bond donors (Lipinski definition) is 0. The predicted octanol–water partition coefficient (Wildman–Crippen LogP) is 2.58. The molecule has 4 rings (SSSR count). The second-order valence-electron chi connectivity index (χ2n) is 6.55. The summed E-state index contributed by atoms with van der Waals surface area (Å²) in [6, 6.07) is 8.15. The SMILES string of the molecule is CCN1C(=O)/C(=c2/s/c(=C3\C=Cc4ccccc4N3CC)c(=O)n2CC)SC1=S. The van der Waals surface area contributed by atoms with Gasteiger partial charge >= 0.3 is 0 Å². The van der Waals surface area contributed by atoms with Crippen LogP contribution in [0.25, 0.3) is 16.7 Å². The van der Waals surface area contributed by atoms with Crippen molar-refractivity contribution in [1.82, 2.24) is 9.47 Å². The Morgan fingerprint density at radius 3 is 2.34 bits per heavy atom. The maximum Gasteiger partial charge on any atom is 0.271 e. The molecule has 0 N–H and O–H groups in total. The van der Waals surface area contributed by atoms with E-state index in [1.54, 1.807) is 9.47 Å². The van der Waals surface area contributed by atoms with Gasteiger partial charge in [-0.1, -0.05) is 48.3 Å². The number of thiocarbonyl (C=S) groups is 1. The lowest BCUT2D eigenvalue weighted by molar-refractivity contribution is -0.120. The van der Waals surface area contributed by atoms with Gasteiger partial charge in [-0.3, -0.25) is 19.1 Å². The minimum Gasteiger partial charge on any atom is -0.340 e. The molecule has 150 valence electrons. The molecule has 0 radical (unpaired) electrons. The first-order valence-corrected chi connectivity index (χ1v) is 11.6. The highest BCUT2D eigenvalue weighted by Gasteiger charge is 2.33. The van der Waals surface area contributed by atoms with Crippen LogP contribution in [0.1, 0.15) is 26.3 Å². The molecule has 1 fully saturated rings. The standard InChI is InChI=1S/C21H21N3O2S3/c1-4-22-14-10-8-7-9-13(14)11-12-15(22)16-18(25)23(5-2)20(28-16)17-19(26)24(6-3)21(27)29-17/h7-12H,4-6H2,1-3H3/b16-15+,20-17-. The summed E-state index contributed by atoms with van der Waals surface area (Å²) in [5.74, 6) is -0.112. The number of thiazole rings is 1. The van der Waals surface area contributed by atoms with E-state index in [1.165, 1.54) is 23.1 Å². The molecular formula is C21H21N3O2S3. The van der Waals surface area contributed by atoms with E-state index in [4.69, 9.17) is 12.2 Å². The van der Waals surface area contributed by atoms with Crippen molar-refractivity contribution < 1.29 is 4.79 Å². The Morgan fingerprint density at radius 1 is 0.966 bits per heavy atom. The third-order valence-corrected chi connectivity index (χ3v) is 7.82. The van der Waals surface area contributed by atoms with Gasteiger partial charge in [0.05, 0.1) is 5.70 Å². The third-order valence-electron chi connectivity index (χ3n) is 5.05. The van der Waals surface area contributed by atoms with E-state index < -0.39 is 0 Å². The summed E-state index contributed by atoms with van der Waals surface area (Å²) < 4.78 is 3.58. The molecule has 29 heavy (non-hydrogen) atoms.